The van der Waals surface area contributed by atoms with Gasteiger partial charge in [-0.15, -0.1) is 0 Å². The number of hydrogen-bond donors (Lipinski definition) is 0. The van der Waals surface area contributed by atoms with Crippen molar-refractivity contribution >= 4 is 38.6 Å². The van der Waals surface area contributed by atoms with Gasteiger partial charge in [0.15, 0.2) is 0 Å². The standard InChI is InChI=1S/C27H20O2/c28-26-18-22(25-17-16-21-10-4-6-15-24(21)27(25)29-26)11-2-1-8-19-12-7-13-20-9-3-5-14-23(19)20/h2-7,9-18H,1,8H2/b11-2-. The Balaban J connectivity index is 1.46. The zero-order chi connectivity index (χ0) is 19.6. The normalized spacial score (nSPS) is 11.7. The molecule has 2 nitrogen and oxygen atoms in total. The molecule has 4 aromatic carbocycles. The summed E-state index contributed by atoms with van der Waals surface area (Å²) in [5.74, 6) is 0. The van der Waals surface area contributed by atoms with Gasteiger partial charge in [-0.05, 0) is 46.2 Å². The summed E-state index contributed by atoms with van der Waals surface area (Å²) in [5, 5.41) is 5.58. The van der Waals surface area contributed by atoms with Gasteiger partial charge < -0.3 is 4.42 Å². The summed E-state index contributed by atoms with van der Waals surface area (Å²) in [6.07, 6.45) is 6.05. The van der Waals surface area contributed by atoms with E-state index < -0.39 is 0 Å². The summed E-state index contributed by atoms with van der Waals surface area (Å²) < 4.78 is 5.55. The van der Waals surface area contributed by atoms with Gasteiger partial charge in [0.25, 0.3) is 0 Å². The quantitative estimate of drug-likeness (QED) is 0.257. The number of fused-ring (bicyclic) bond motifs is 4. The lowest BCUT2D eigenvalue weighted by Crippen LogP contribution is -1.98. The average molecular weight is 376 g/mol. The van der Waals surface area contributed by atoms with E-state index in [1.54, 1.807) is 6.07 Å². The molecule has 0 spiro atoms. The zero-order valence-corrected chi connectivity index (χ0v) is 16.0. The van der Waals surface area contributed by atoms with E-state index in [2.05, 4.69) is 54.6 Å². The maximum absolute atomic E-state index is 12.1. The fourth-order valence-electron chi connectivity index (χ4n) is 4.01. The third-order valence-corrected chi connectivity index (χ3v) is 5.42. The molecule has 0 saturated heterocycles. The molecule has 0 aliphatic heterocycles. The van der Waals surface area contributed by atoms with Crippen LogP contribution in [0, 0.1) is 0 Å². The molecule has 0 bridgehead atoms. The van der Waals surface area contributed by atoms with Gasteiger partial charge in [0, 0.05) is 16.8 Å². The van der Waals surface area contributed by atoms with Crippen molar-refractivity contribution in [2.45, 2.75) is 12.8 Å². The van der Waals surface area contributed by atoms with E-state index >= 15 is 0 Å². The lowest BCUT2D eigenvalue weighted by Gasteiger charge is -2.06. The van der Waals surface area contributed by atoms with Gasteiger partial charge >= 0.3 is 5.63 Å². The molecule has 5 rings (SSSR count). The van der Waals surface area contributed by atoms with E-state index in [0.29, 0.717) is 5.58 Å². The van der Waals surface area contributed by atoms with Crippen molar-refractivity contribution in [3.05, 3.63) is 113 Å². The molecule has 0 radical (unpaired) electrons. The van der Waals surface area contributed by atoms with Crippen LogP contribution in [0.1, 0.15) is 17.5 Å². The van der Waals surface area contributed by atoms with E-state index in [0.717, 1.165) is 34.6 Å². The molecular formula is C27H20O2. The molecule has 0 aliphatic carbocycles. The first kappa shape index (κ1) is 17.4. The molecule has 5 aromatic rings. The summed E-state index contributed by atoms with van der Waals surface area (Å²) in [4.78, 5) is 12.1. The van der Waals surface area contributed by atoms with Crippen LogP contribution in [0.3, 0.4) is 0 Å². The van der Waals surface area contributed by atoms with E-state index in [9.17, 15) is 4.79 Å². The first-order valence-corrected chi connectivity index (χ1v) is 9.88. The van der Waals surface area contributed by atoms with Crippen molar-refractivity contribution in [1.82, 2.24) is 0 Å². The van der Waals surface area contributed by atoms with E-state index in [-0.39, 0.29) is 5.63 Å². The summed E-state index contributed by atoms with van der Waals surface area (Å²) >= 11 is 0. The zero-order valence-electron chi connectivity index (χ0n) is 16.0. The number of allylic oxidation sites excluding steroid dienone is 1. The molecule has 29 heavy (non-hydrogen) atoms. The molecule has 0 atom stereocenters. The predicted molar refractivity (Wildman–Crippen MR) is 121 cm³/mol. The van der Waals surface area contributed by atoms with E-state index in [4.69, 9.17) is 4.42 Å². The van der Waals surface area contributed by atoms with Crippen molar-refractivity contribution in [1.29, 1.82) is 0 Å². The summed E-state index contributed by atoms with van der Waals surface area (Å²) in [7, 11) is 0. The number of hydrogen-bond acceptors (Lipinski definition) is 2. The first-order chi connectivity index (χ1) is 14.3. The third-order valence-electron chi connectivity index (χ3n) is 5.42. The van der Waals surface area contributed by atoms with Crippen LogP contribution in [0.2, 0.25) is 0 Å². The SMILES string of the molecule is O=c1cc(/C=C\CCc2cccc3ccccc23)c2ccc3ccccc3c2o1. The summed E-state index contributed by atoms with van der Waals surface area (Å²) in [5.41, 5.74) is 2.59. The lowest BCUT2D eigenvalue weighted by molar-refractivity contribution is 0.564. The highest BCUT2D eigenvalue weighted by atomic mass is 16.4. The van der Waals surface area contributed by atoms with E-state index in [1.165, 1.54) is 16.3 Å². The smallest absolute Gasteiger partial charge is 0.336 e. The fourth-order valence-corrected chi connectivity index (χ4v) is 4.01. The Hall–Kier alpha value is -3.65. The Bertz CT molecular complexity index is 1420. The van der Waals surface area contributed by atoms with Crippen LogP contribution < -0.4 is 5.63 Å². The van der Waals surface area contributed by atoms with Gasteiger partial charge in [0.1, 0.15) is 5.58 Å². The summed E-state index contributed by atoms with van der Waals surface area (Å²) in [6, 6.07) is 28.6. The Morgan fingerprint density at radius 3 is 2.31 bits per heavy atom. The molecular weight excluding hydrogens is 356 g/mol. The van der Waals surface area contributed by atoms with Gasteiger partial charge in [-0.2, -0.15) is 0 Å². The monoisotopic (exact) mass is 376 g/mol. The lowest BCUT2D eigenvalue weighted by atomic mass is 10.00. The van der Waals surface area contributed by atoms with Crippen LogP contribution in [-0.2, 0) is 6.42 Å². The second-order valence-corrected chi connectivity index (χ2v) is 7.26. The molecule has 0 unspecified atom stereocenters. The van der Waals surface area contributed by atoms with Gasteiger partial charge in [-0.25, -0.2) is 4.79 Å². The Morgan fingerprint density at radius 2 is 1.45 bits per heavy atom. The fraction of sp³-hybridized carbons (Fsp3) is 0.0741. The molecule has 0 aliphatic rings. The van der Waals surface area contributed by atoms with Crippen LogP contribution in [0.15, 0.2) is 100 Å². The number of rotatable bonds is 4. The maximum atomic E-state index is 12.1. The van der Waals surface area contributed by atoms with Crippen molar-refractivity contribution in [2.24, 2.45) is 0 Å². The minimum atomic E-state index is -0.317. The molecule has 1 aromatic heterocycles. The first-order valence-electron chi connectivity index (χ1n) is 9.88. The molecule has 0 saturated carbocycles. The molecule has 2 heteroatoms. The van der Waals surface area contributed by atoms with Crippen molar-refractivity contribution in [3.8, 4) is 0 Å². The van der Waals surface area contributed by atoms with Crippen molar-refractivity contribution in [2.75, 3.05) is 0 Å². The molecule has 0 N–H and O–H groups in total. The Morgan fingerprint density at radius 1 is 0.724 bits per heavy atom. The average Bonchev–Trinajstić information content (AvgIpc) is 2.76. The minimum Gasteiger partial charge on any atom is -0.422 e. The minimum absolute atomic E-state index is 0.317. The predicted octanol–water partition coefficient (Wildman–Crippen LogP) is 6.75. The Labute approximate surface area is 168 Å². The molecule has 0 amide bonds. The highest BCUT2D eigenvalue weighted by Gasteiger charge is 2.07. The van der Waals surface area contributed by atoms with Crippen LogP contribution in [-0.4, -0.2) is 0 Å². The molecule has 0 fully saturated rings. The largest absolute Gasteiger partial charge is 0.422 e. The molecule has 140 valence electrons. The summed E-state index contributed by atoms with van der Waals surface area (Å²) in [6.45, 7) is 0. The van der Waals surface area contributed by atoms with Gasteiger partial charge in [0.2, 0.25) is 0 Å². The Kier molecular flexibility index (Phi) is 4.45. The van der Waals surface area contributed by atoms with Crippen molar-refractivity contribution < 1.29 is 4.42 Å². The number of benzene rings is 4. The second-order valence-electron chi connectivity index (χ2n) is 7.26. The molecule has 1 heterocycles. The van der Waals surface area contributed by atoms with Crippen LogP contribution in [0.4, 0.5) is 0 Å². The van der Waals surface area contributed by atoms with Crippen LogP contribution in [0.25, 0.3) is 38.6 Å². The van der Waals surface area contributed by atoms with Crippen LogP contribution in [0.5, 0.6) is 0 Å². The maximum Gasteiger partial charge on any atom is 0.336 e. The van der Waals surface area contributed by atoms with Gasteiger partial charge in [-0.3, -0.25) is 0 Å². The highest BCUT2D eigenvalue weighted by molar-refractivity contribution is 6.06. The van der Waals surface area contributed by atoms with Gasteiger partial charge in [-0.1, -0.05) is 84.9 Å². The number of aryl methyl sites for hydroxylation is 1. The van der Waals surface area contributed by atoms with Gasteiger partial charge in [0.05, 0.1) is 0 Å². The van der Waals surface area contributed by atoms with Crippen molar-refractivity contribution in [3.63, 3.8) is 0 Å². The second kappa shape index (κ2) is 7.40. The van der Waals surface area contributed by atoms with Crippen LogP contribution >= 0.6 is 0 Å². The van der Waals surface area contributed by atoms with E-state index in [1.807, 2.05) is 36.4 Å². The topological polar surface area (TPSA) is 30.2 Å². The highest BCUT2D eigenvalue weighted by Crippen LogP contribution is 2.27. The third kappa shape index (κ3) is 3.34.